The average Bonchev–Trinajstić information content (AvgIpc) is 3.24. The molecule has 2 fully saturated rings. The van der Waals surface area contributed by atoms with Gasteiger partial charge in [-0.1, -0.05) is 19.1 Å². The van der Waals surface area contributed by atoms with E-state index in [0.29, 0.717) is 13.0 Å². The molecule has 1 N–H and O–H groups in total. The van der Waals surface area contributed by atoms with Crippen molar-refractivity contribution in [3.8, 4) is 0 Å². The maximum absolute atomic E-state index is 13.1. The molecule has 2 atom stereocenters. The number of carbonyl (C=O) groups excluding carboxylic acids is 2. The van der Waals surface area contributed by atoms with Crippen molar-refractivity contribution in [3.63, 3.8) is 0 Å². The second-order valence-corrected chi connectivity index (χ2v) is 7.30. The molecule has 2 saturated heterocycles. The highest BCUT2D eigenvalue weighted by atomic mass is 16.2. The van der Waals surface area contributed by atoms with Gasteiger partial charge in [0.05, 0.1) is 5.92 Å². The van der Waals surface area contributed by atoms with Crippen molar-refractivity contribution in [2.75, 3.05) is 31.1 Å². The number of amides is 2. The molecule has 2 heterocycles. The maximum Gasteiger partial charge on any atom is 0.228 e. The number of carbonyl (C=O) groups is 2. The Morgan fingerprint density at radius 2 is 2.16 bits per heavy atom. The van der Waals surface area contributed by atoms with Gasteiger partial charge in [-0.15, -0.1) is 0 Å². The Morgan fingerprint density at radius 3 is 2.84 bits per heavy atom. The van der Waals surface area contributed by atoms with Gasteiger partial charge in [-0.05, 0) is 50.4 Å². The average molecular weight is 343 g/mol. The summed E-state index contributed by atoms with van der Waals surface area (Å²) >= 11 is 0. The van der Waals surface area contributed by atoms with Gasteiger partial charge in [0.25, 0.3) is 0 Å². The fourth-order valence-corrected chi connectivity index (χ4v) is 3.99. The van der Waals surface area contributed by atoms with Gasteiger partial charge in [-0.25, -0.2) is 0 Å². The van der Waals surface area contributed by atoms with Crippen LogP contribution in [0.25, 0.3) is 0 Å². The molecule has 2 aliphatic heterocycles. The zero-order valence-corrected chi connectivity index (χ0v) is 15.5. The van der Waals surface area contributed by atoms with Crippen LogP contribution in [-0.4, -0.2) is 48.9 Å². The third-order valence-electron chi connectivity index (χ3n) is 5.56. The first-order valence-corrected chi connectivity index (χ1v) is 9.40. The Bertz CT molecular complexity index is 652. The van der Waals surface area contributed by atoms with E-state index in [1.807, 2.05) is 28.9 Å². The summed E-state index contributed by atoms with van der Waals surface area (Å²) in [5, 5.41) is 3.34. The molecule has 3 rings (SSSR count). The minimum absolute atomic E-state index is 0.0630. The second kappa shape index (κ2) is 7.56. The van der Waals surface area contributed by atoms with Crippen LogP contribution in [0.4, 0.5) is 5.69 Å². The van der Waals surface area contributed by atoms with E-state index >= 15 is 0 Å². The summed E-state index contributed by atoms with van der Waals surface area (Å²) in [4.78, 5) is 29.5. The third kappa shape index (κ3) is 3.56. The van der Waals surface area contributed by atoms with Gasteiger partial charge < -0.3 is 15.1 Å². The van der Waals surface area contributed by atoms with E-state index in [1.165, 1.54) is 5.56 Å². The molecule has 0 spiro atoms. The lowest BCUT2D eigenvalue weighted by atomic mass is 10.0. The summed E-state index contributed by atoms with van der Waals surface area (Å²) in [7, 11) is 0. The van der Waals surface area contributed by atoms with E-state index in [4.69, 9.17) is 0 Å². The van der Waals surface area contributed by atoms with E-state index in [0.717, 1.165) is 43.7 Å². The zero-order chi connectivity index (χ0) is 18.0. The number of rotatable bonds is 5. The largest absolute Gasteiger partial charge is 0.338 e. The van der Waals surface area contributed by atoms with Crippen LogP contribution >= 0.6 is 0 Å². The second-order valence-electron chi connectivity index (χ2n) is 7.30. The lowest BCUT2D eigenvalue weighted by Crippen LogP contribution is -2.45. The van der Waals surface area contributed by atoms with Crippen LogP contribution in [0.5, 0.6) is 0 Å². The van der Waals surface area contributed by atoms with E-state index in [2.05, 4.69) is 25.2 Å². The molecule has 0 saturated carbocycles. The van der Waals surface area contributed by atoms with Gasteiger partial charge in [-0.2, -0.15) is 0 Å². The summed E-state index contributed by atoms with van der Waals surface area (Å²) in [6.07, 6.45) is 2.28. The van der Waals surface area contributed by atoms with Gasteiger partial charge >= 0.3 is 0 Å². The van der Waals surface area contributed by atoms with Crippen LogP contribution in [0.1, 0.15) is 37.3 Å². The Hall–Kier alpha value is -1.88. The summed E-state index contributed by atoms with van der Waals surface area (Å²) in [6, 6.07) is 6.29. The molecule has 2 unspecified atom stereocenters. The van der Waals surface area contributed by atoms with Crippen molar-refractivity contribution >= 4 is 17.5 Å². The molecule has 0 aromatic heterocycles. The summed E-state index contributed by atoms with van der Waals surface area (Å²) in [5.41, 5.74) is 3.24. The topological polar surface area (TPSA) is 52.7 Å². The quantitative estimate of drug-likeness (QED) is 0.892. The van der Waals surface area contributed by atoms with Crippen LogP contribution in [0, 0.1) is 19.8 Å². The highest BCUT2D eigenvalue weighted by molar-refractivity contribution is 6.01. The number of anilines is 1. The summed E-state index contributed by atoms with van der Waals surface area (Å²) in [5.74, 6) is -0.00989. The first kappa shape index (κ1) is 17.9. The van der Waals surface area contributed by atoms with Gasteiger partial charge in [-0.3, -0.25) is 9.59 Å². The highest BCUT2D eigenvalue weighted by Crippen LogP contribution is 2.30. The number of aryl methyl sites for hydroxylation is 1. The monoisotopic (exact) mass is 343 g/mol. The van der Waals surface area contributed by atoms with Crippen molar-refractivity contribution in [2.24, 2.45) is 5.92 Å². The van der Waals surface area contributed by atoms with Crippen LogP contribution in [0.3, 0.4) is 0 Å². The molecular formula is C20H29N3O2. The Morgan fingerprint density at radius 1 is 1.36 bits per heavy atom. The van der Waals surface area contributed by atoms with Crippen LogP contribution in [-0.2, 0) is 9.59 Å². The van der Waals surface area contributed by atoms with Gasteiger partial charge in [0.15, 0.2) is 0 Å². The molecule has 0 bridgehead atoms. The SMILES string of the molecule is CCCN(C(=O)C1CC(=O)N(c2cccc(C)c2C)C1)C1CCNC1. The van der Waals surface area contributed by atoms with Crippen molar-refractivity contribution < 1.29 is 9.59 Å². The minimum Gasteiger partial charge on any atom is -0.338 e. The minimum atomic E-state index is -0.223. The molecule has 5 nitrogen and oxygen atoms in total. The van der Waals surface area contributed by atoms with Crippen LogP contribution in [0.2, 0.25) is 0 Å². The predicted molar refractivity (Wildman–Crippen MR) is 99.7 cm³/mol. The van der Waals surface area contributed by atoms with Gasteiger partial charge in [0, 0.05) is 37.8 Å². The van der Waals surface area contributed by atoms with Crippen molar-refractivity contribution in [1.29, 1.82) is 0 Å². The number of hydrogen-bond acceptors (Lipinski definition) is 3. The zero-order valence-electron chi connectivity index (χ0n) is 15.5. The highest BCUT2D eigenvalue weighted by Gasteiger charge is 2.39. The smallest absolute Gasteiger partial charge is 0.228 e. The summed E-state index contributed by atoms with van der Waals surface area (Å²) < 4.78 is 0. The molecule has 25 heavy (non-hydrogen) atoms. The first-order chi connectivity index (χ1) is 12.0. The van der Waals surface area contributed by atoms with E-state index in [-0.39, 0.29) is 23.8 Å². The number of benzene rings is 1. The molecule has 1 aromatic rings. The molecular weight excluding hydrogens is 314 g/mol. The Labute approximate surface area is 150 Å². The maximum atomic E-state index is 13.1. The fourth-order valence-electron chi connectivity index (χ4n) is 3.99. The molecule has 2 amide bonds. The van der Waals surface area contributed by atoms with Crippen LogP contribution < -0.4 is 10.2 Å². The Kier molecular flexibility index (Phi) is 5.42. The first-order valence-electron chi connectivity index (χ1n) is 9.40. The van der Waals surface area contributed by atoms with Crippen LogP contribution in [0.15, 0.2) is 18.2 Å². The van der Waals surface area contributed by atoms with Crippen molar-refractivity contribution in [3.05, 3.63) is 29.3 Å². The number of nitrogens with zero attached hydrogens (tertiary/aromatic N) is 2. The number of nitrogens with one attached hydrogen (secondary N) is 1. The summed E-state index contributed by atoms with van der Waals surface area (Å²) in [6.45, 7) is 9.31. The van der Waals surface area contributed by atoms with Gasteiger partial charge in [0.2, 0.25) is 11.8 Å². The van der Waals surface area contributed by atoms with Crippen molar-refractivity contribution in [2.45, 2.75) is 46.1 Å². The molecule has 136 valence electrons. The normalized spacial score (nSPS) is 23.3. The molecule has 2 aliphatic rings. The molecule has 0 radical (unpaired) electrons. The van der Waals surface area contributed by atoms with E-state index in [9.17, 15) is 9.59 Å². The molecule has 5 heteroatoms. The van der Waals surface area contributed by atoms with E-state index in [1.54, 1.807) is 0 Å². The Balaban J connectivity index is 1.76. The predicted octanol–water partition coefficient (Wildman–Crippen LogP) is 2.26. The number of hydrogen-bond donors (Lipinski definition) is 1. The third-order valence-corrected chi connectivity index (χ3v) is 5.56. The fraction of sp³-hybridized carbons (Fsp3) is 0.600. The van der Waals surface area contributed by atoms with Gasteiger partial charge in [0.1, 0.15) is 0 Å². The lowest BCUT2D eigenvalue weighted by molar-refractivity contribution is -0.137. The molecule has 0 aliphatic carbocycles. The molecule has 1 aromatic carbocycles. The lowest BCUT2D eigenvalue weighted by Gasteiger charge is -2.30. The standard InChI is InChI=1S/C20H29N3O2/c1-4-10-22(17-8-9-21-12-17)20(25)16-11-19(24)23(13-16)18-7-5-6-14(2)15(18)3/h5-7,16-17,21H,4,8-13H2,1-3H3. The van der Waals surface area contributed by atoms with E-state index < -0.39 is 0 Å². The van der Waals surface area contributed by atoms with Crippen molar-refractivity contribution in [1.82, 2.24) is 10.2 Å².